The lowest BCUT2D eigenvalue weighted by atomic mass is 10.1. The van der Waals surface area contributed by atoms with Crippen molar-refractivity contribution in [3.05, 3.63) is 59.2 Å². The molecule has 0 aliphatic rings. The Bertz CT molecular complexity index is 740. The molecule has 2 aromatic rings. The van der Waals surface area contributed by atoms with Crippen molar-refractivity contribution >= 4 is 68.9 Å². The van der Waals surface area contributed by atoms with E-state index in [-0.39, 0.29) is 11.7 Å². The topological polar surface area (TPSA) is 61.7 Å². The zero-order chi connectivity index (χ0) is 16.3. The van der Waals surface area contributed by atoms with Gasteiger partial charge in [0.05, 0.1) is 23.9 Å². The lowest BCUT2D eigenvalue weighted by Gasteiger charge is -2.04. The summed E-state index contributed by atoms with van der Waals surface area (Å²) in [5.74, 6) is -0.127. The molecule has 2 aromatic carbocycles. The van der Waals surface area contributed by atoms with Gasteiger partial charge in [0.15, 0.2) is 0 Å². The van der Waals surface area contributed by atoms with E-state index in [4.69, 9.17) is 11.6 Å². The number of aromatic hydroxyl groups is 1. The molecule has 22 heavy (non-hydrogen) atoms. The molecule has 0 bridgehead atoms. The number of carbonyl (C=O) groups is 1. The van der Waals surface area contributed by atoms with Crippen LogP contribution in [-0.4, -0.2) is 17.2 Å². The predicted molar refractivity (Wildman–Crippen MR) is 105 cm³/mol. The second-order valence-corrected chi connectivity index (χ2v) is 7.25. The Morgan fingerprint density at radius 1 is 1.27 bits per heavy atom. The summed E-state index contributed by atoms with van der Waals surface area (Å²) in [5.41, 5.74) is 4.58. The van der Waals surface area contributed by atoms with Crippen molar-refractivity contribution in [2.45, 2.75) is 6.92 Å². The van der Waals surface area contributed by atoms with E-state index >= 15 is 0 Å². The monoisotopic (exact) mass is 540 g/mol. The maximum atomic E-state index is 12.0. The molecule has 114 valence electrons. The number of nitrogens with zero attached hydrogens (tertiary/aromatic N) is 1. The number of benzene rings is 2. The van der Waals surface area contributed by atoms with E-state index in [1.54, 1.807) is 24.3 Å². The van der Waals surface area contributed by atoms with Crippen molar-refractivity contribution in [3.8, 4) is 5.75 Å². The van der Waals surface area contributed by atoms with E-state index in [9.17, 15) is 9.90 Å². The highest BCUT2D eigenvalue weighted by atomic mass is 127. The number of rotatable bonds is 3. The molecule has 2 rings (SSSR count). The summed E-state index contributed by atoms with van der Waals surface area (Å²) < 4.78 is 1.44. The van der Waals surface area contributed by atoms with Gasteiger partial charge >= 0.3 is 0 Å². The number of nitrogens with one attached hydrogen (secondary N) is 1. The van der Waals surface area contributed by atoms with Crippen LogP contribution in [0, 0.1) is 14.1 Å². The van der Waals surface area contributed by atoms with E-state index in [1.807, 2.05) is 58.2 Å². The summed E-state index contributed by atoms with van der Waals surface area (Å²) in [6.07, 6.45) is 1.52. The highest BCUT2D eigenvalue weighted by Crippen LogP contribution is 2.26. The van der Waals surface area contributed by atoms with Gasteiger partial charge < -0.3 is 5.11 Å². The number of aryl methyl sites for hydroxylation is 1. The minimum Gasteiger partial charge on any atom is -0.506 e. The first-order chi connectivity index (χ1) is 10.4. The minimum absolute atomic E-state index is 0.244. The smallest absolute Gasteiger partial charge is 0.272 e. The van der Waals surface area contributed by atoms with Crippen molar-refractivity contribution < 1.29 is 9.90 Å². The van der Waals surface area contributed by atoms with Crippen molar-refractivity contribution in [2.75, 3.05) is 0 Å². The van der Waals surface area contributed by atoms with Gasteiger partial charge in [0.2, 0.25) is 0 Å². The fourth-order valence-electron chi connectivity index (χ4n) is 1.69. The molecular formula is C15H11ClI2N2O2. The van der Waals surface area contributed by atoms with Crippen LogP contribution in [0.2, 0.25) is 5.02 Å². The largest absolute Gasteiger partial charge is 0.506 e. The molecule has 0 spiro atoms. The van der Waals surface area contributed by atoms with E-state index in [0.717, 1.165) is 18.3 Å². The number of amides is 1. The molecule has 0 saturated carbocycles. The molecule has 0 saturated heterocycles. The lowest BCUT2D eigenvalue weighted by molar-refractivity contribution is 0.0955. The van der Waals surface area contributed by atoms with E-state index < -0.39 is 0 Å². The molecule has 0 aromatic heterocycles. The molecule has 0 fully saturated rings. The van der Waals surface area contributed by atoms with Crippen LogP contribution < -0.4 is 5.43 Å². The molecule has 2 N–H and O–H groups in total. The molecular weight excluding hydrogens is 529 g/mol. The Hall–Kier alpha value is -0.870. The Morgan fingerprint density at radius 2 is 1.91 bits per heavy atom. The Morgan fingerprint density at radius 3 is 2.50 bits per heavy atom. The Balaban J connectivity index is 2.10. The number of hydrazone groups is 1. The summed E-state index contributed by atoms with van der Waals surface area (Å²) in [6, 6.07) is 8.74. The van der Waals surface area contributed by atoms with Gasteiger partial charge in [-0.05, 0) is 87.5 Å². The molecule has 0 aliphatic carbocycles. The predicted octanol–water partition coefficient (Wildman–Crippen LogP) is 4.33. The SMILES string of the molecule is Cc1ccc(C(=O)NN=Cc2cc(I)c(O)c(I)c2)c(Cl)c1. The van der Waals surface area contributed by atoms with E-state index in [0.29, 0.717) is 10.6 Å². The van der Waals surface area contributed by atoms with Crippen LogP contribution in [-0.2, 0) is 0 Å². The second-order valence-electron chi connectivity index (χ2n) is 4.52. The molecule has 0 atom stereocenters. The molecule has 0 unspecified atom stereocenters. The van der Waals surface area contributed by atoms with E-state index in [1.165, 1.54) is 6.21 Å². The van der Waals surface area contributed by atoms with Crippen LogP contribution in [0.25, 0.3) is 0 Å². The third-order valence-corrected chi connectivity index (χ3v) is 4.75. The van der Waals surface area contributed by atoms with Crippen LogP contribution in [0.3, 0.4) is 0 Å². The second kappa shape index (κ2) is 7.60. The summed E-state index contributed by atoms with van der Waals surface area (Å²) in [6.45, 7) is 1.90. The third-order valence-electron chi connectivity index (χ3n) is 2.79. The number of halogens is 3. The maximum absolute atomic E-state index is 12.0. The highest BCUT2D eigenvalue weighted by molar-refractivity contribution is 14.1. The molecule has 1 amide bonds. The average molecular weight is 541 g/mol. The highest BCUT2D eigenvalue weighted by Gasteiger charge is 2.09. The first-order valence-electron chi connectivity index (χ1n) is 6.16. The van der Waals surface area contributed by atoms with Gasteiger partial charge in [-0.1, -0.05) is 17.7 Å². The summed E-state index contributed by atoms with van der Waals surface area (Å²) in [7, 11) is 0. The average Bonchev–Trinajstić information content (AvgIpc) is 2.44. The van der Waals surface area contributed by atoms with Crippen LogP contribution in [0.1, 0.15) is 21.5 Å². The van der Waals surface area contributed by atoms with Crippen molar-refractivity contribution in [1.29, 1.82) is 0 Å². The summed E-state index contributed by atoms with van der Waals surface area (Å²) >= 11 is 10.1. The first kappa shape index (κ1) is 17.5. The number of hydrogen-bond donors (Lipinski definition) is 2. The van der Waals surface area contributed by atoms with Gasteiger partial charge in [-0.25, -0.2) is 5.43 Å². The van der Waals surface area contributed by atoms with Gasteiger partial charge in [0, 0.05) is 0 Å². The summed E-state index contributed by atoms with van der Waals surface area (Å²) in [5, 5.41) is 14.0. The minimum atomic E-state index is -0.371. The molecule has 4 nitrogen and oxygen atoms in total. The maximum Gasteiger partial charge on any atom is 0.272 e. The van der Waals surface area contributed by atoms with Crippen LogP contribution >= 0.6 is 56.8 Å². The van der Waals surface area contributed by atoms with Gasteiger partial charge in [0.1, 0.15) is 5.75 Å². The zero-order valence-corrected chi connectivity index (χ0v) is 16.5. The quantitative estimate of drug-likeness (QED) is 0.346. The van der Waals surface area contributed by atoms with Crippen LogP contribution in [0.15, 0.2) is 35.4 Å². The Labute approximate surface area is 160 Å². The van der Waals surface area contributed by atoms with Crippen LogP contribution in [0.5, 0.6) is 5.75 Å². The Kier molecular flexibility index (Phi) is 6.04. The molecule has 0 heterocycles. The standard InChI is InChI=1S/C15H11ClI2N2O2/c1-8-2-3-10(11(16)4-8)15(22)20-19-7-9-5-12(17)14(21)13(18)6-9/h2-7,21H,1H3,(H,20,22). The van der Waals surface area contributed by atoms with Gasteiger partial charge in [-0.2, -0.15) is 5.10 Å². The van der Waals surface area contributed by atoms with Crippen LogP contribution in [0.4, 0.5) is 0 Å². The third kappa shape index (κ3) is 4.32. The van der Waals surface area contributed by atoms with Crippen molar-refractivity contribution in [1.82, 2.24) is 5.43 Å². The number of hydrogen-bond acceptors (Lipinski definition) is 3. The first-order valence-corrected chi connectivity index (χ1v) is 8.69. The normalized spacial score (nSPS) is 10.9. The fraction of sp³-hybridized carbons (Fsp3) is 0.0667. The molecule has 0 aliphatic heterocycles. The molecule has 7 heteroatoms. The van der Waals surface area contributed by atoms with E-state index in [2.05, 4.69) is 10.5 Å². The number of phenols is 1. The lowest BCUT2D eigenvalue weighted by Crippen LogP contribution is -2.18. The number of carbonyl (C=O) groups excluding carboxylic acids is 1. The zero-order valence-electron chi connectivity index (χ0n) is 11.4. The number of phenolic OH excluding ortho intramolecular Hbond substituents is 1. The van der Waals surface area contributed by atoms with Crippen molar-refractivity contribution in [2.24, 2.45) is 5.10 Å². The van der Waals surface area contributed by atoms with Crippen molar-refractivity contribution in [3.63, 3.8) is 0 Å². The molecule has 0 radical (unpaired) electrons. The van der Waals surface area contributed by atoms with Gasteiger partial charge in [-0.15, -0.1) is 0 Å². The van der Waals surface area contributed by atoms with Gasteiger partial charge in [0.25, 0.3) is 5.91 Å². The van der Waals surface area contributed by atoms with Gasteiger partial charge in [-0.3, -0.25) is 4.79 Å². The summed E-state index contributed by atoms with van der Waals surface area (Å²) in [4.78, 5) is 12.0. The fourth-order valence-corrected chi connectivity index (χ4v) is 3.83.